The minimum absolute atomic E-state index is 0. The van der Waals surface area contributed by atoms with Crippen molar-refractivity contribution in [3.63, 3.8) is 0 Å². The summed E-state index contributed by atoms with van der Waals surface area (Å²) in [5.41, 5.74) is 6.74. The van der Waals surface area contributed by atoms with Gasteiger partial charge in [0.15, 0.2) is 0 Å². The van der Waals surface area contributed by atoms with Crippen molar-refractivity contribution in [2.24, 2.45) is 5.73 Å². The van der Waals surface area contributed by atoms with Gasteiger partial charge >= 0.3 is 0 Å². The molecule has 1 unspecified atom stereocenters. The first-order valence-electron chi connectivity index (χ1n) is 7.48. The Morgan fingerprint density at radius 3 is 2.22 bits per heavy atom. The highest BCUT2D eigenvalue weighted by atomic mass is 35.5. The highest BCUT2D eigenvalue weighted by molar-refractivity contribution is 5.85. The Morgan fingerprint density at radius 1 is 1.13 bits per heavy atom. The Balaban J connectivity index is 0.00000264. The van der Waals surface area contributed by atoms with Crippen molar-refractivity contribution in [3.05, 3.63) is 35.9 Å². The number of ether oxygens (including phenoxy) is 1. The van der Waals surface area contributed by atoms with Gasteiger partial charge in [0, 0.05) is 39.8 Å². The summed E-state index contributed by atoms with van der Waals surface area (Å²) >= 11 is 0. The number of benzene rings is 1. The van der Waals surface area contributed by atoms with E-state index in [9.17, 15) is 9.59 Å². The summed E-state index contributed by atoms with van der Waals surface area (Å²) in [5, 5.41) is 0. The molecule has 7 heteroatoms. The first kappa shape index (κ1) is 19.4. The number of carbonyl (C=O) groups excluding carboxylic acids is 2. The maximum atomic E-state index is 12.6. The number of carbonyl (C=O) groups is 2. The molecule has 1 fully saturated rings. The van der Waals surface area contributed by atoms with Gasteiger partial charge in [-0.05, 0) is 5.56 Å². The quantitative estimate of drug-likeness (QED) is 0.844. The van der Waals surface area contributed by atoms with Gasteiger partial charge in [-0.15, -0.1) is 12.4 Å². The first-order valence-corrected chi connectivity index (χ1v) is 7.48. The summed E-state index contributed by atoms with van der Waals surface area (Å²) in [4.78, 5) is 27.9. The van der Waals surface area contributed by atoms with Crippen LogP contribution >= 0.6 is 12.4 Å². The van der Waals surface area contributed by atoms with Gasteiger partial charge in [0.25, 0.3) is 0 Å². The van der Waals surface area contributed by atoms with Gasteiger partial charge in [-0.25, -0.2) is 0 Å². The molecule has 0 radical (unpaired) electrons. The van der Waals surface area contributed by atoms with Gasteiger partial charge in [0.05, 0.1) is 5.92 Å². The average Bonchev–Trinajstić information content (AvgIpc) is 2.57. The smallest absolute Gasteiger partial charge is 0.248 e. The van der Waals surface area contributed by atoms with Crippen LogP contribution in [0.2, 0.25) is 0 Å². The first-order chi connectivity index (χ1) is 10.7. The number of methoxy groups -OCH3 is 1. The Bertz CT molecular complexity index is 505. The highest BCUT2D eigenvalue weighted by Gasteiger charge is 2.28. The molecule has 2 amide bonds. The monoisotopic (exact) mass is 341 g/mol. The van der Waals surface area contributed by atoms with E-state index < -0.39 is 0 Å². The standard InChI is InChI=1S/C16H23N3O3.ClH/c1-22-12-15(20)18-7-9-19(10-8-18)16(21)14(11-17)13-5-3-2-4-6-13;/h2-6,14H,7-12,17H2,1H3;1H. The molecule has 1 aromatic carbocycles. The fourth-order valence-electron chi connectivity index (χ4n) is 2.68. The lowest BCUT2D eigenvalue weighted by molar-refractivity contribution is -0.142. The van der Waals surface area contributed by atoms with E-state index in [2.05, 4.69) is 0 Å². The molecule has 1 aliphatic heterocycles. The molecule has 2 N–H and O–H groups in total. The number of piperazine rings is 1. The van der Waals surface area contributed by atoms with Crippen molar-refractivity contribution < 1.29 is 14.3 Å². The third-order valence-electron chi connectivity index (χ3n) is 3.95. The van der Waals surface area contributed by atoms with Crippen LogP contribution in [-0.2, 0) is 14.3 Å². The Morgan fingerprint density at radius 2 is 1.70 bits per heavy atom. The summed E-state index contributed by atoms with van der Waals surface area (Å²) < 4.78 is 4.86. The van der Waals surface area contributed by atoms with Gasteiger partial charge in [-0.3, -0.25) is 9.59 Å². The molecule has 1 aromatic rings. The van der Waals surface area contributed by atoms with E-state index in [4.69, 9.17) is 10.5 Å². The molecular weight excluding hydrogens is 318 g/mol. The van der Waals surface area contributed by atoms with Crippen molar-refractivity contribution in [2.45, 2.75) is 5.92 Å². The van der Waals surface area contributed by atoms with Crippen molar-refractivity contribution >= 4 is 24.2 Å². The predicted octanol–water partition coefficient (Wildman–Crippen LogP) is 0.468. The summed E-state index contributed by atoms with van der Waals surface area (Å²) in [6.07, 6.45) is 0. The molecular formula is C16H24ClN3O3. The Labute approximate surface area is 143 Å². The van der Waals surface area contributed by atoms with Crippen molar-refractivity contribution in [1.82, 2.24) is 9.80 Å². The molecule has 0 bridgehead atoms. The summed E-state index contributed by atoms with van der Waals surface area (Å²) in [6.45, 7) is 2.53. The zero-order valence-electron chi connectivity index (χ0n) is 13.3. The number of nitrogens with two attached hydrogens (primary N) is 1. The second-order valence-electron chi connectivity index (χ2n) is 5.34. The van der Waals surface area contributed by atoms with Crippen LogP contribution in [0.15, 0.2) is 30.3 Å². The van der Waals surface area contributed by atoms with E-state index in [0.29, 0.717) is 26.2 Å². The largest absolute Gasteiger partial charge is 0.375 e. The lowest BCUT2D eigenvalue weighted by atomic mass is 9.97. The number of halogens is 1. The number of hydrogen-bond acceptors (Lipinski definition) is 4. The zero-order chi connectivity index (χ0) is 15.9. The molecule has 0 spiro atoms. The van der Waals surface area contributed by atoms with Gasteiger partial charge in [-0.1, -0.05) is 30.3 Å². The third kappa shape index (κ3) is 4.92. The minimum atomic E-state index is -0.317. The molecule has 2 rings (SSSR count). The van der Waals surface area contributed by atoms with Crippen LogP contribution in [0.3, 0.4) is 0 Å². The van der Waals surface area contributed by atoms with Gasteiger partial charge in [0.1, 0.15) is 6.61 Å². The molecule has 0 aromatic heterocycles. The molecule has 1 aliphatic rings. The van der Waals surface area contributed by atoms with Gasteiger partial charge in [0.2, 0.25) is 11.8 Å². The van der Waals surface area contributed by atoms with Crippen molar-refractivity contribution in [1.29, 1.82) is 0 Å². The van der Waals surface area contributed by atoms with Crippen LogP contribution in [0.25, 0.3) is 0 Å². The lowest BCUT2D eigenvalue weighted by Gasteiger charge is -2.36. The second kappa shape index (κ2) is 9.50. The number of rotatable bonds is 5. The van der Waals surface area contributed by atoms with Crippen LogP contribution in [0, 0.1) is 0 Å². The SMILES string of the molecule is COCC(=O)N1CCN(C(=O)C(CN)c2ccccc2)CC1.Cl. The highest BCUT2D eigenvalue weighted by Crippen LogP contribution is 2.18. The van der Waals surface area contributed by atoms with Gasteiger partial charge in [-0.2, -0.15) is 0 Å². The second-order valence-corrected chi connectivity index (χ2v) is 5.34. The topological polar surface area (TPSA) is 75.9 Å². The lowest BCUT2D eigenvalue weighted by Crippen LogP contribution is -2.52. The van der Waals surface area contributed by atoms with Crippen LogP contribution in [-0.4, -0.2) is 68.1 Å². The Hall–Kier alpha value is -1.63. The van der Waals surface area contributed by atoms with E-state index in [1.807, 2.05) is 30.3 Å². The Kier molecular flexibility index (Phi) is 8.02. The van der Waals surface area contributed by atoms with Crippen molar-refractivity contribution in [3.8, 4) is 0 Å². The average molecular weight is 342 g/mol. The molecule has 6 nitrogen and oxygen atoms in total. The normalized spacial score (nSPS) is 15.7. The van der Waals surface area contributed by atoms with Crippen LogP contribution in [0.1, 0.15) is 11.5 Å². The minimum Gasteiger partial charge on any atom is -0.375 e. The van der Waals surface area contributed by atoms with E-state index in [1.165, 1.54) is 7.11 Å². The molecule has 0 saturated carbocycles. The third-order valence-corrected chi connectivity index (χ3v) is 3.95. The van der Waals surface area contributed by atoms with Crippen LogP contribution in [0.5, 0.6) is 0 Å². The zero-order valence-corrected chi connectivity index (χ0v) is 14.1. The van der Waals surface area contributed by atoms with E-state index in [0.717, 1.165) is 5.56 Å². The fourth-order valence-corrected chi connectivity index (χ4v) is 2.68. The maximum absolute atomic E-state index is 12.6. The summed E-state index contributed by atoms with van der Waals surface area (Å²) in [6, 6.07) is 9.59. The molecule has 23 heavy (non-hydrogen) atoms. The van der Waals surface area contributed by atoms with Crippen LogP contribution in [0.4, 0.5) is 0 Å². The van der Waals surface area contributed by atoms with E-state index in [-0.39, 0.29) is 43.3 Å². The van der Waals surface area contributed by atoms with Crippen LogP contribution < -0.4 is 5.73 Å². The molecule has 0 aliphatic carbocycles. The summed E-state index contributed by atoms with van der Waals surface area (Å²) in [5.74, 6) is -0.317. The number of amides is 2. The predicted molar refractivity (Wildman–Crippen MR) is 90.5 cm³/mol. The van der Waals surface area contributed by atoms with Crippen molar-refractivity contribution in [2.75, 3.05) is 46.4 Å². The molecule has 1 atom stereocenters. The fraction of sp³-hybridized carbons (Fsp3) is 0.500. The molecule has 128 valence electrons. The van der Waals surface area contributed by atoms with E-state index in [1.54, 1.807) is 9.80 Å². The maximum Gasteiger partial charge on any atom is 0.248 e. The molecule has 1 heterocycles. The van der Waals surface area contributed by atoms with Gasteiger partial charge < -0.3 is 20.3 Å². The molecule has 1 saturated heterocycles. The number of hydrogen-bond donors (Lipinski definition) is 1. The number of nitrogens with zero attached hydrogens (tertiary/aromatic N) is 2. The summed E-state index contributed by atoms with van der Waals surface area (Å²) in [7, 11) is 1.50. The van der Waals surface area contributed by atoms with E-state index >= 15 is 0 Å².